The number of ketones is 1. The molecular formula is C20H19O4+. The molecule has 24 heavy (non-hydrogen) atoms. The fraction of sp³-hybridized carbons (Fsp3) is 0.200. The van der Waals surface area contributed by atoms with Crippen molar-refractivity contribution in [3.8, 4) is 5.75 Å². The van der Waals surface area contributed by atoms with Crippen molar-refractivity contribution >= 4 is 16.8 Å². The van der Waals surface area contributed by atoms with E-state index in [1.165, 1.54) is 6.92 Å². The molecule has 0 saturated heterocycles. The van der Waals surface area contributed by atoms with E-state index < -0.39 is 5.63 Å². The number of carbonyl (C=O) groups is 1. The van der Waals surface area contributed by atoms with Crippen molar-refractivity contribution in [2.24, 2.45) is 0 Å². The molecule has 0 aliphatic heterocycles. The number of fused-ring (bicyclic) bond motifs is 1. The average Bonchev–Trinajstić information content (AvgIpc) is 2.55. The van der Waals surface area contributed by atoms with Crippen molar-refractivity contribution in [2.75, 3.05) is 0 Å². The molecule has 122 valence electrons. The fourth-order valence-electron chi connectivity index (χ4n) is 3.06. The van der Waals surface area contributed by atoms with E-state index >= 15 is 0 Å². The zero-order valence-electron chi connectivity index (χ0n) is 13.4. The summed E-state index contributed by atoms with van der Waals surface area (Å²) in [6, 6.07) is 16.7. The maximum Gasteiger partial charge on any atom is 0.349 e. The summed E-state index contributed by atoms with van der Waals surface area (Å²) < 4.78 is 5.39. The molecule has 0 radical (unpaired) electrons. The first kappa shape index (κ1) is 16.0. The maximum absolute atomic E-state index is 12.5. The standard InChI is InChI=1S/C20H18O4/c1-13(21)11-15(12-14-7-3-2-4-8-14)18-19(22)16-9-5-6-10-17(16)24-20(18)23/h2-10,15,22H,11-12H2,1H3/p+1. The molecule has 3 rings (SSSR count). The summed E-state index contributed by atoms with van der Waals surface area (Å²) in [5.41, 5.74) is 1.18. The van der Waals surface area contributed by atoms with Gasteiger partial charge in [-0.1, -0.05) is 42.5 Å². The Balaban J connectivity index is 2.12. The van der Waals surface area contributed by atoms with Crippen molar-refractivity contribution in [1.82, 2.24) is 0 Å². The zero-order chi connectivity index (χ0) is 17.1. The van der Waals surface area contributed by atoms with E-state index in [-0.39, 0.29) is 29.4 Å². The Morgan fingerprint density at radius 2 is 1.75 bits per heavy atom. The lowest BCUT2D eigenvalue weighted by Crippen LogP contribution is -2.17. The first-order valence-corrected chi connectivity index (χ1v) is 7.87. The van der Waals surface area contributed by atoms with Gasteiger partial charge in [0.25, 0.3) is 5.75 Å². The molecule has 4 heteroatoms. The molecule has 2 N–H and O–H groups in total. The van der Waals surface area contributed by atoms with Crippen LogP contribution in [0.3, 0.4) is 0 Å². The number of carbonyl (C=O) groups excluding carboxylic acids is 1. The quantitative estimate of drug-likeness (QED) is 0.532. The van der Waals surface area contributed by atoms with Gasteiger partial charge in [0, 0.05) is 12.3 Å². The summed E-state index contributed by atoms with van der Waals surface area (Å²) in [4.78, 5) is 24.2. The van der Waals surface area contributed by atoms with E-state index in [4.69, 9.17) is 9.52 Å². The number of rotatable bonds is 5. The summed E-state index contributed by atoms with van der Waals surface area (Å²) in [7, 11) is 0. The maximum atomic E-state index is 12.5. The second kappa shape index (κ2) is 6.71. The monoisotopic (exact) mass is 323 g/mol. The Labute approximate surface area is 139 Å². The molecule has 1 heterocycles. The minimum Gasteiger partial charge on any atom is -0.592 e. The van der Waals surface area contributed by atoms with E-state index in [9.17, 15) is 9.59 Å². The van der Waals surface area contributed by atoms with E-state index in [2.05, 4.69) is 0 Å². The molecule has 3 aromatic rings. The molecule has 0 bridgehead atoms. The highest BCUT2D eigenvalue weighted by Gasteiger charge is 2.27. The van der Waals surface area contributed by atoms with E-state index in [1.54, 1.807) is 24.3 Å². The van der Waals surface area contributed by atoms with Crippen LogP contribution in [0.1, 0.15) is 30.4 Å². The lowest BCUT2D eigenvalue weighted by Gasteiger charge is -2.15. The van der Waals surface area contributed by atoms with Gasteiger partial charge in [-0.05, 0) is 31.0 Å². The van der Waals surface area contributed by atoms with Crippen LogP contribution in [0.5, 0.6) is 5.75 Å². The van der Waals surface area contributed by atoms with Gasteiger partial charge in [-0.3, -0.25) is 0 Å². The summed E-state index contributed by atoms with van der Waals surface area (Å²) >= 11 is 0. The van der Waals surface area contributed by atoms with Gasteiger partial charge < -0.3 is 14.3 Å². The third-order valence-electron chi connectivity index (χ3n) is 4.12. The largest absolute Gasteiger partial charge is 0.592 e. The molecule has 2 aromatic carbocycles. The van der Waals surface area contributed by atoms with Crippen LogP contribution in [-0.2, 0) is 11.2 Å². The average molecular weight is 323 g/mol. The van der Waals surface area contributed by atoms with Gasteiger partial charge in [-0.2, -0.15) is 0 Å². The highest BCUT2D eigenvalue weighted by Crippen LogP contribution is 2.34. The van der Waals surface area contributed by atoms with Gasteiger partial charge in [0.1, 0.15) is 22.3 Å². The predicted octanol–water partition coefficient (Wildman–Crippen LogP) is 3.54. The fourth-order valence-corrected chi connectivity index (χ4v) is 3.06. The molecule has 0 fully saturated rings. The van der Waals surface area contributed by atoms with E-state index in [0.29, 0.717) is 17.4 Å². The van der Waals surface area contributed by atoms with Crippen LogP contribution in [0, 0.1) is 0 Å². The molecule has 1 unspecified atom stereocenters. The molecule has 1 atom stereocenters. The third kappa shape index (κ3) is 3.23. The summed E-state index contributed by atoms with van der Waals surface area (Å²) in [6.07, 6.45) is 0.735. The molecule has 0 spiro atoms. The van der Waals surface area contributed by atoms with Crippen molar-refractivity contribution in [2.45, 2.75) is 25.7 Å². The first-order valence-electron chi connectivity index (χ1n) is 7.87. The molecule has 0 aliphatic carbocycles. The van der Waals surface area contributed by atoms with E-state index in [0.717, 1.165) is 5.56 Å². The van der Waals surface area contributed by atoms with Gasteiger partial charge in [-0.25, -0.2) is 4.79 Å². The number of hydrogen-bond donors (Lipinski definition) is 0. The summed E-state index contributed by atoms with van der Waals surface area (Å²) in [5.74, 6) is -0.217. The SMILES string of the molecule is CC(=O)CC(Cc1ccccc1)c1c([OH2+])c2ccccc2oc1=O. The first-order chi connectivity index (χ1) is 11.6. The van der Waals surface area contributed by atoms with Crippen LogP contribution in [-0.4, -0.2) is 10.9 Å². The van der Waals surface area contributed by atoms with Gasteiger partial charge in [-0.15, -0.1) is 0 Å². The molecule has 0 saturated carbocycles. The van der Waals surface area contributed by atoms with Crippen molar-refractivity contribution in [1.29, 1.82) is 0 Å². The van der Waals surface area contributed by atoms with Gasteiger partial charge in [0.2, 0.25) is 0 Å². The number of hydrogen-bond acceptors (Lipinski definition) is 3. The smallest absolute Gasteiger partial charge is 0.349 e. The van der Waals surface area contributed by atoms with Crippen LogP contribution in [0.4, 0.5) is 0 Å². The normalized spacial score (nSPS) is 12.2. The van der Waals surface area contributed by atoms with Crippen LogP contribution >= 0.6 is 0 Å². The number of Topliss-reactive ketones (excluding diaryl/α,β-unsaturated/α-hetero) is 1. The van der Waals surface area contributed by atoms with Crippen LogP contribution in [0.2, 0.25) is 0 Å². The molecule has 1 aromatic heterocycles. The van der Waals surface area contributed by atoms with Gasteiger partial charge >= 0.3 is 5.63 Å². The Bertz CT molecular complexity index is 925. The Kier molecular flexibility index (Phi) is 4.47. The van der Waals surface area contributed by atoms with Gasteiger partial charge in [0.05, 0.1) is 0 Å². The van der Waals surface area contributed by atoms with Crippen LogP contribution < -0.4 is 5.63 Å². The minimum atomic E-state index is -0.527. The second-order valence-electron chi connectivity index (χ2n) is 5.97. The molecule has 0 aliphatic rings. The topological polar surface area (TPSA) is 70.2 Å². The lowest BCUT2D eigenvalue weighted by molar-refractivity contribution is -0.117. The molecule has 4 nitrogen and oxygen atoms in total. The van der Waals surface area contributed by atoms with Crippen molar-refractivity contribution in [3.63, 3.8) is 0 Å². The second-order valence-corrected chi connectivity index (χ2v) is 5.97. The summed E-state index contributed by atoms with van der Waals surface area (Å²) in [6.45, 7) is 1.50. The Morgan fingerprint density at radius 3 is 2.46 bits per heavy atom. The third-order valence-corrected chi connectivity index (χ3v) is 4.12. The Morgan fingerprint density at radius 1 is 1.08 bits per heavy atom. The predicted molar refractivity (Wildman–Crippen MR) is 93.7 cm³/mol. The Hall–Kier alpha value is -2.88. The van der Waals surface area contributed by atoms with Crippen molar-refractivity contribution < 1.29 is 14.3 Å². The zero-order valence-corrected chi connectivity index (χ0v) is 13.4. The van der Waals surface area contributed by atoms with Crippen LogP contribution in [0.25, 0.3) is 11.0 Å². The minimum absolute atomic E-state index is 0.0112. The van der Waals surface area contributed by atoms with E-state index in [1.807, 2.05) is 30.3 Å². The highest BCUT2D eigenvalue weighted by molar-refractivity contribution is 5.84. The van der Waals surface area contributed by atoms with Gasteiger partial charge in [0.15, 0.2) is 0 Å². The number of benzene rings is 2. The molecular weight excluding hydrogens is 304 g/mol. The van der Waals surface area contributed by atoms with Crippen LogP contribution in [0.15, 0.2) is 63.8 Å². The lowest BCUT2D eigenvalue weighted by atomic mass is 9.88. The van der Waals surface area contributed by atoms with Crippen molar-refractivity contribution in [3.05, 3.63) is 76.1 Å². The summed E-state index contributed by atoms with van der Waals surface area (Å²) in [5, 5.41) is 9.04. The number of para-hydroxylation sites is 1. The molecule has 0 amide bonds. The highest BCUT2D eigenvalue weighted by atomic mass is 16.4.